The van der Waals surface area contributed by atoms with Crippen molar-refractivity contribution in [2.24, 2.45) is 0 Å². The minimum Gasteiger partial charge on any atom is -0.472 e. The van der Waals surface area contributed by atoms with Crippen molar-refractivity contribution >= 4 is 28.2 Å². The van der Waals surface area contributed by atoms with Gasteiger partial charge in [0.2, 0.25) is 0 Å². The Balaban J connectivity index is 2.50. The number of rotatable bonds is 3. The number of carboxylic acids is 1. The highest BCUT2D eigenvalue weighted by Gasteiger charge is 2.25. The molecule has 2 N–H and O–H groups in total. The molecule has 0 aliphatic rings. The first kappa shape index (κ1) is 10.9. The van der Waals surface area contributed by atoms with Crippen LogP contribution in [-0.4, -0.2) is 26.6 Å². The second-order valence-corrected chi connectivity index (χ2v) is 3.50. The highest BCUT2D eigenvalue weighted by atomic mass is 16.4. The minimum atomic E-state index is -1.32. The number of aromatic nitrogens is 1. The molecule has 0 saturated heterocycles. The van der Waals surface area contributed by atoms with Crippen molar-refractivity contribution in [2.75, 3.05) is 0 Å². The Labute approximate surface area is 96.6 Å². The molecule has 17 heavy (non-hydrogen) atoms. The van der Waals surface area contributed by atoms with Gasteiger partial charge >= 0.3 is 11.7 Å². The monoisotopic (exact) mass is 227 g/mol. The molecule has 1 aromatic carbocycles. The lowest BCUT2D eigenvalue weighted by Gasteiger charge is -1.93. The van der Waals surface area contributed by atoms with E-state index in [1.54, 1.807) is 6.07 Å². The third-order valence-corrected chi connectivity index (χ3v) is 2.44. The lowest BCUT2D eigenvalue weighted by atomic mass is 10.1. The number of para-hydroxylation sites is 1. The smallest absolute Gasteiger partial charge is 0.419 e. The first-order valence-corrected chi connectivity index (χ1v) is 4.86. The Morgan fingerprint density at radius 3 is 2.71 bits per heavy atom. The summed E-state index contributed by atoms with van der Waals surface area (Å²) in [6.45, 7) is 3.61. The van der Waals surface area contributed by atoms with E-state index < -0.39 is 11.7 Å². The molecule has 0 atom stereocenters. The predicted molar refractivity (Wildman–Crippen MR) is 63.6 cm³/mol. The van der Waals surface area contributed by atoms with Gasteiger partial charge in [0.05, 0.1) is 11.3 Å². The van der Waals surface area contributed by atoms with Crippen LogP contribution >= 0.6 is 0 Å². The van der Waals surface area contributed by atoms with Gasteiger partial charge in [0, 0.05) is 10.9 Å². The molecule has 5 nitrogen and oxygen atoms in total. The quantitative estimate of drug-likeness (QED) is 0.476. The first-order valence-electron chi connectivity index (χ1n) is 4.86. The molecular weight excluding hydrogens is 218 g/mol. The van der Waals surface area contributed by atoms with Crippen molar-refractivity contribution < 1.29 is 14.7 Å². The van der Waals surface area contributed by atoms with E-state index in [1.807, 2.05) is 24.3 Å². The second kappa shape index (κ2) is 4.08. The molecule has 5 heteroatoms. The van der Waals surface area contributed by atoms with Gasteiger partial charge in [-0.2, -0.15) is 4.79 Å². The highest BCUT2D eigenvalue weighted by Crippen LogP contribution is 2.20. The van der Waals surface area contributed by atoms with Gasteiger partial charge in [-0.15, -0.1) is 0 Å². The highest BCUT2D eigenvalue weighted by molar-refractivity contribution is 6.51. The largest absolute Gasteiger partial charge is 0.472 e. The Bertz CT molecular complexity index is 630. The average molecular weight is 227 g/mol. The van der Waals surface area contributed by atoms with Crippen molar-refractivity contribution in [3.63, 3.8) is 0 Å². The van der Waals surface area contributed by atoms with E-state index in [-0.39, 0.29) is 5.57 Å². The number of nitrogens with one attached hydrogen (secondary N) is 1. The summed E-state index contributed by atoms with van der Waals surface area (Å²) in [6, 6.07) is 9.25. The van der Waals surface area contributed by atoms with Crippen LogP contribution in [0.2, 0.25) is 0 Å². The molecule has 0 saturated carbocycles. The van der Waals surface area contributed by atoms with Gasteiger partial charge in [-0.25, -0.2) is 4.79 Å². The van der Waals surface area contributed by atoms with Crippen LogP contribution in [0.15, 0.2) is 36.9 Å². The van der Waals surface area contributed by atoms with Crippen LogP contribution in [0.25, 0.3) is 22.0 Å². The molecule has 0 fully saturated rings. The van der Waals surface area contributed by atoms with Gasteiger partial charge in [0.1, 0.15) is 0 Å². The summed E-state index contributed by atoms with van der Waals surface area (Å²) < 4.78 is 0. The van der Waals surface area contributed by atoms with Crippen LogP contribution in [0, 0.1) is 0 Å². The number of hydrogen-bond acceptors (Lipinski definition) is 1. The summed E-state index contributed by atoms with van der Waals surface area (Å²) in [4.78, 5) is 16.5. The lowest BCUT2D eigenvalue weighted by Crippen LogP contribution is -2.15. The standard InChI is InChI=1S/C12H9N3O2/c1-7(11(15-13)12(16)17)10-6-8-4-2-3-5-9(8)14-10/h2-6,14H,1H2,(H,16,17). The van der Waals surface area contributed by atoms with Gasteiger partial charge in [0.25, 0.3) is 0 Å². The maximum Gasteiger partial charge on any atom is 0.419 e. The van der Waals surface area contributed by atoms with Crippen LogP contribution in [-0.2, 0) is 4.79 Å². The molecule has 0 amide bonds. The number of carbonyl (C=O) groups is 1. The number of fused-ring (bicyclic) bond motifs is 1. The van der Waals surface area contributed by atoms with E-state index in [1.165, 1.54) is 0 Å². The number of hydrogen-bond donors (Lipinski definition) is 2. The lowest BCUT2D eigenvalue weighted by molar-refractivity contribution is -0.133. The SMILES string of the molecule is C=C(C(=[N+]=[N-])C(=O)O)c1cc2ccccc2[nH]1. The molecule has 84 valence electrons. The molecule has 0 aliphatic heterocycles. The third kappa shape index (κ3) is 1.87. The fourth-order valence-electron chi connectivity index (χ4n) is 1.60. The summed E-state index contributed by atoms with van der Waals surface area (Å²) in [5.41, 5.74) is 9.68. The summed E-state index contributed by atoms with van der Waals surface area (Å²) >= 11 is 0. The summed E-state index contributed by atoms with van der Waals surface area (Å²) in [5.74, 6) is -1.32. The van der Waals surface area contributed by atoms with Gasteiger partial charge in [0.15, 0.2) is 0 Å². The van der Waals surface area contributed by atoms with Crippen LogP contribution in [0.1, 0.15) is 5.69 Å². The number of H-pyrrole nitrogens is 1. The third-order valence-electron chi connectivity index (χ3n) is 2.44. The number of nitrogens with zero attached hydrogens (tertiary/aromatic N) is 2. The molecule has 2 rings (SSSR count). The molecule has 0 radical (unpaired) electrons. The van der Waals surface area contributed by atoms with Gasteiger partial charge < -0.3 is 15.6 Å². The Kier molecular flexibility index (Phi) is 2.60. The van der Waals surface area contributed by atoms with Crippen molar-refractivity contribution in [3.8, 4) is 0 Å². The minimum absolute atomic E-state index is 0.135. The van der Waals surface area contributed by atoms with E-state index >= 15 is 0 Å². The number of aromatic amines is 1. The van der Waals surface area contributed by atoms with Crippen LogP contribution in [0.5, 0.6) is 0 Å². The number of aliphatic carboxylic acids is 1. The molecule has 0 spiro atoms. The number of benzene rings is 1. The summed E-state index contributed by atoms with van der Waals surface area (Å²) in [5, 5.41) is 9.75. The number of carboxylic acid groups (broad SMARTS) is 1. The van der Waals surface area contributed by atoms with Gasteiger partial charge in [-0.3, -0.25) is 0 Å². The molecule has 1 aromatic heterocycles. The fourth-order valence-corrected chi connectivity index (χ4v) is 1.60. The van der Waals surface area contributed by atoms with Crippen LogP contribution in [0.4, 0.5) is 0 Å². The fraction of sp³-hybridized carbons (Fsp3) is 0. The van der Waals surface area contributed by atoms with Gasteiger partial charge in [-0.1, -0.05) is 24.8 Å². The topological polar surface area (TPSA) is 89.5 Å². The van der Waals surface area contributed by atoms with Crippen molar-refractivity contribution in [3.05, 3.63) is 48.1 Å². The average Bonchev–Trinajstić information content (AvgIpc) is 2.72. The van der Waals surface area contributed by atoms with E-state index in [0.29, 0.717) is 5.69 Å². The summed E-state index contributed by atoms with van der Waals surface area (Å²) in [7, 11) is 0. The normalized spacial score (nSPS) is 9.88. The van der Waals surface area contributed by atoms with E-state index in [0.717, 1.165) is 10.9 Å². The molecule has 0 aliphatic carbocycles. The zero-order chi connectivity index (χ0) is 12.4. The van der Waals surface area contributed by atoms with Crippen molar-refractivity contribution in [1.29, 1.82) is 0 Å². The molecule has 2 aromatic rings. The van der Waals surface area contributed by atoms with Crippen molar-refractivity contribution in [2.45, 2.75) is 0 Å². The van der Waals surface area contributed by atoms with Crippen molar-refractivity contribution in [1.82, 2.24) is 4.98 Å². The molecular formula is C12H9N3O2. The zero-order valence-corrected chi connectivity index (χ0v) is 8.84. The maximum absolute atomic E-state index is 10.8. The Morgan fingerprint density at radius 1 is 1.41 bits per heavy atom. The molecule has 0 unspecified atom stereocenters. The molecule has 0 bridgehead atoms. The van der Waals surface area contributed by atoms with Crippen LogP contribution in [0.3, 0.4) is 0 Å². The van der Waals surface area contributed by atoms with E-state index in [4.69, 9.17) is 10.6 Å². The van der Waals surface area contributed by atoms with Gasteiger partial charge in [-0.05, 0) is 12.1 Å². The zero-order valence-electron chi connectivity index (χ0n) is 8.84. The Hall–Kier alpha value is -2.65. The second-order valence-electron chi connectivity index (χ2n) is 3.50. The predicted octanol–water partition coefficient (Wildman–Crippen LogP) is 1.94. The summed E-state index contributed by atoms with van der Waals surface area (Å²) in [6.07, 6.45) is 0. The molecule has 1 heterocycles. The van der Waals surface area contributed by atoms with E-state index in [9.17, 15) is 4.79 Å². The Morgan fingerprint density at radius 2 is 2.12 bits per heavy atom. The first-order chi connectivity index (χ1) is 8.13. The van der Waals surface area contributed by atoms with Crippen LogP contribution < -0.4 is 0 Å². The maximum atomic E-state index is 10.8. The van der Waals surface area contributed by atoms with E-state index in [2.05, 4.69) is 16.4 Å².